The molecule has 0 aliphatic carbocycles. The van der Waals surface area contributed by atoms with Crippen LogP contribution >= 0.6 is 11.8 Å². The van der Waals surface area contributed by atoms with Gasteiger partial charge in [0.05, 0.1) is 19.8 Å². The zero-order chi connectivity index (χ0) is 8.53. The Morgan fingerprint density at radius 1 is 1.55 bits per heavy atom. The van der Waals surface area contributed by atoms with E-state index in [2.05, 4.69) is 0 Å². The third kappa shape index (κ3) is 7.84. The SMILES string of the molecule is CCC(=O)SCCOCCO. The van der Waals surface area contributed by atoms with Crippen LogP contribution in [0.15, 0.2) is 0 Å². The zero-order valence-electron chi connectivity index (χ0n) is 6.71. The van der Waals surface area contributed by atoms with Crippen molar-refractivity contribution in [2.45, 2.75) is 13.3 Å². The van der Waals surface area contributed by atoms with Crippen LogP contribution in [-0.2, 0) is 9.53 Å². The first-order valence-electron chi connectivity index (χ1n) is 3.65. The summed E-state index contributed by atoms with van der Waals surface area (Å²) in [6, 6.07) is 0. The van der Waals surface area contributed by atoms with E-state index in [0.717, 1.165) is 0 Å². The number of hydrogen-bond acceptors (Lipinski definition) is 4. The van der Waals surface area contributed by atoms with E-state index in [1.54, 1.807) is 0 Å². The Labute approximate surface area is 71.1 Å². The molecule has 0 bridgehead atoms. The van der Waals surface area contributed by atoms with E-state index < -0.39 is 0 Å². The molecule has 0 radical (unpaired) electrons. The van der Waals surface area contributed by atoms with Gasteiger partial charge in [0.1, 0.15) is 0 Å². The number of carbonyl (C=O) groups is 1. The maximum absolute atomic E-state index is 10.7. The van der Waals surface area contributed by atoms with E-state index in [1.165, 1.54) is 11.8 Å². The molecule has 0 aromatic heterocycles. The first kappa shape index (κ1) is 10.9. The third-order valence-electron chi connectivity index (χ3n) is 1.02. The lowest BCUT2D eigenvalue weighted by atomic mass is 10.6. The highest BCUT2D eigenvalue weighted by atomic mass is 32.2. The third-order valence-corrected chi connectivity index (χ3v) is 2.00. The molecular weight excluding hydrogens is 164 g/mol. The van der Waals surface area contributed by atoms with Crippen LogP contribution in [0.25, 0.3) is 0 Å². The van der Waals surface area contributed by atoms with Crippen LogP contribution in [0.5, 0.6) is 0 Å². The average molecular weight is 178 g/mol. The molecule has 0 aromatic rings. The number of thioether (sulfide) groups is 1. The molecule has 3 nitrogen and oxygen atoms in total. The molecule has 0 fully saturated rings. The van der Waals surface area contributed by atoms with Gasteiger partial charge in [-0.3, -0.25) is 4.79 Å². The Morgan fingerprint density at radius 2 is 2.27 bits per heavy atom. The van der Waals surface area contributed by atoms with Crippen LogP contribution < -0.4 is 0 Å². The van der Waals surface area contributed by atoms with Crippen LogP contribution in [0.2, 0.25) is 0 Å². The molecule has 66 valence electrons. The summed E-state index contributed by atoms with van der Waals surface area (Å²) in [5, 5.41) is 8.51. The number of aliphatic hydroxyl groups excluding tert-OH is 1. The number of carbonyl (C=O) groups excluding carboxylic acids is 1. The van der Waals surface area contributed by atoms with Gasteiger partial charge in [-0.2, -0.15) is 0 Å². The molecule has 0 saturated heterocycles. The van der Waals surface area contributed by atoms with Gasteiger partial charge in [0.15, 0.2) is 5.12 Å². The second-order valence-electron chi connectivity index (χ2n) is 1.91. The van der Waals surface area contributed by atoms with Gasteiger partial charge in [0.2, 0.25) is 0 Å². The Morgan fingerprint density at radius 3 is 2.82 bits per heavy atom. The van der Waals surface area contributed by atoms with Gasteiger partial charge >= 0.3 is 0 Å². The monoisotopic (exact) mass is 178 g/mol. The van der Waals surface area contributed by atoms with Crippen LogP contribution in [-0.4, -0.2) is 35.8 Å². The lowest BCUT2D eigenvalue weighted by Gasteiger charge is -1.99. The second kappa shape index (κ2) is 8.04. The Bertz CT molecular complexity index is 106. The van der Waals surface area contributed by atoms with Gasteiger partial charge in [-0.15, -0.1) is 0 Å². The summed E-state index contributed by atoms with van der Waals surface area (Å²) in [5.74, 6) is 0.687. The molecule has 4 heteroatoms. The van der Waals surface area contributed by atoms with Crippen molar-refractivity contribution in [3.63, 3.8) is 0 Å². The van der Waals surface area contributed by atoms with E-state index >= 15 is 0 Å². The molecular formula is C7H14O3S. The summed E-state index contributed by atoms with van der Waals surface area (Å²) in [4.78, 5) is 10.7. The highest BCUT2D eigenvalue weighted by molar-refractivity contribution is 8.13. The summed E-state index contributed by atoms with van der Waals surface area (Å²) in [6.07, 6.45) is 0.574. The fourth-order valence-corrected chi connectivity index (χ4v) is 1.12. The summed E-state index contributed by atoms with van der Waals surface area (Å²) in [6.45, 7) is 2.79. The van der Waals surface area contributed by atoms with Gasteiger partial charge in [0.25, 0.3) is 0 Å². The molecule has 0 aromatic carbocycles. The summed E-state index contributed by atoms with van der Waals surface area (Å²) in [7, 11) is 0. The Balaban J connectivity index is 2.95. The maximum Gasteiger partial charge on any atom is 0.188 e. The van der Waals surface area contributed by atoms with Crippen LogP contribution in [0, 0.1) is 0 Å². The highest BCUT2D eigenvalue weighted by Gasteiger charge is 1.97. The molecule has 0 atom stereocenters. The summed E-state index contributed by atoms with van der Waals surface area (Å²) in [5.41, 5.74) is 0. The Kier molecular flexibility index (Phi) is 8.00. The molecule has 0 aliphatic rings. The molecule has 0 saturated carbocycles. The van der Waals surface area contributed by atoms with Crippen LogP contribution in [0.1, 0.15) is 13.3 Å². The van der Waals surface area contributed by atoms with Gasteiger partial charge in [-0.25, -0.2) is 0 Å². The highest BCUT2D eigenvalue weighted by Crippen LogP contribution is 2.03. The van der Waals surface area contributed by atoms with Crippen LogP contribution in [0.3, 0.4) is 0 Å². The molecule has 0 amide bonds. The first-order valence-corrected chi connectivity index (χ1v) is 4.64. The van der Waals surface area contributed by atoms with Gasteiger partial charge in [-0.05, 0) is 0 Å². The van der Waals surface area contributed by atoms with Gasteiger partial charge < -0.3 is 9.84 Å². The average Bonchev–Trinajstić information content (AvgIpc) is 2.04. The molecule has 0 spiro atoms. The molecule has 0 rings (SSSR count). The topological polar surface area (TPSA) is 46.5 Å². The van der Waals surface area contributed by atoms with E-state index in [4.69, 9.17) is 9.84 Å². The van der Waals surface area contributed by atoms with Crippen molar-refractivity contribution in [3.8, 4) is 0 Å². The van der Waals surface area contributed by atoms with E-state index in [-0.39, 0.29) is 11.7 Å². The molecule has 0 heterocycles. The van der Waals surface area contributed by atoms with Crippen LogP contribution in [0.4, 0.5) is 0 Å². The zero-order valence-corrected chi connectivity index (χ0v) is 7.52. The minimum absolute atomic E-state index is 0.0480. The molecule has 11 heavy (non-hydrogen) atoms. The largest absolute Gasteiger partial charge is 0.394 e. The van der Waals surface area contributed by atoms with E-state index in [1.807, 2.05) is 6.92 Å². The fourth-order valence-electron chi connectivity index (χ4n) is 0.483. The van der Waals surface area contributed by atoms with Gasteiger partial charge in [-0.1, -0.05) is 18.7 Å². The Hall–Kier alpha value is -0.0600. The predicted molar refractivity (Wildman–Crippen MR) is 45.7 cm³/mol. The second-order valence-corrected chi connectivity index (χ2v) is 3.06. The fraction of sp³-hybridized carbons (Fsp3) is 0.857. The predicted octanol–water partition coefficient (Wildman–Crippen LogP) is 0.665. The van der Waals surface area contributed by atoms with Crippen molar-refractivity contribution < 1.29 is 14.6 Å². The maximum atomic E-state index is 10.7. The lowest BCUT2D eigenvalue weighted by Crippen LogP contribution is -2.03. The number of hydrogen-bond donors (Lipinski definition) is 1. The minimum Gasteiger partial charge on any atom is -0.394 e. The number of aliphatic hydroxyl groups is 1. The van der Waals surface area contributed by atoms with Crippen molar-refractivity contribution >= 4 is 16.9 Å². The van der Waals surface area contributed by atoms with Crippen molar-refractivity contribution in [1.82, 2.24) is 0 Å². The summed E-state index contributed by atoms with van der Waals surface area (Å²) >= 11 is 1.28. The smallest absolute Gasteiger partial charge is 0.188 e. The van der Waals surface area contributed by atoms with Crippen molar-refractivity contribution in [3.05, 3.63) is 0 Å². The van der Waals surface area contributed by atoms with Crippen molar-refractivity contribution in [2.24, 2.45) is 0 Å². The van der Waals surface area contributed by atoms with E-state index in [0.29, 0.717) is 25.4 Å². The molecule has 0 aliphatic heterocycles. The molecule has 1 N–H and O–H groups in total. The lowest BCUT2D eigenvalue weighted by molar-refractivity contribution is -0.110. The van der Waals surface area contributed by atoms with Crippen molar-refractivity contribution in [1.29, 1.82) is 0 Å². The standard InChI is InChI=1S/C7H14O3S/c1-2-7(9)11-6-5-10-4-3-8/h8H,2-6H2,1H3. The molecule has 0 unspecified atom stereocenters. The number of ether oxygens (including phenoxy) is 1. The van der Waals surface area contributed by atoms with E-state index in [9.17, 15) is 4.79 Å². The summed E-state index contributed by atoms with van der Waals surface area (Å²) < 4.78 is 4.95. The number of rotatable bonds is 6. The normalized spacial score (nSPS) is 10.0. The first-order chi connectivity index (χ1) is 5.31. The minimum atomic E-state index is 0.0480. The van der Waals surface area contributed by atoms with Gasteiger partial charge in [0, 0.05) is 12.2 Å². The van der Waals surface area contributed by atoms with Crippen molar-refractivity contribution in [2.75, 3.05) is 25.6 Å². The quantitative estimate of drug-likeness (QED) is 0.607.